The van der Waals surface area contributed by atoms with E-state index in [9.17, 15) is 9.59 Å². The number of para-hydroxylation sites is 2. The molecular formula is C24H21N5O3. The number of benzene rings is 3. The van der Waals surface area contributed by atoms with Gasteiger partial charge in [-0.3, -0.25) is 15.0 Å². The van der Waals surface area contributed by atoms with Gasteiger partial charge in [0, 0.05) is 5.69 Å². The van der Waals surface area contributed by atoms with E-state index >= 15 is 0 Å². The quantitative estimate of drug-likeness (QED) is 0.279. The predicted octanol–water partition coefficient (Wildman–Crippen LogP) is 3.30. The highest BCUT2D eigenvalue weighted by molar-refractivity contribution is 6.04. The van der Waals surface area contributed by atoms with Crippen LogP contribution in [0.4, 0.5) is 5.69 Å². The van der Waals surface area contributed by atoms with E-state index in [2.05, 4.69) is 15.6 Å². The first-order valence-corrected chi connectivity index (χ1v) is 9.93. The summed E-state index contributed by atoms with van der Waals surface area (Å²) in [6.45, 7) is 1.69. The number of amides is 1. The summed E-state index contributed by atoms with van der Waals surface area (Å²) < 4.78 is 1.07. The number of aromatic nitrogens is 2. The van der Waals surface area contributed by atoms with Gasteiger partial charge < -0.3 is 10.6 Å². The van der Waals surface area contributed by atoms with Gasteiger partial charge in [0.2, 0.25) is 0 Å². The second-order valence-electron chi connectivity index (χ2n) is 7.03. The normalized spacial score (nSPS) is 11.3. The molecule has 0 saturated carbocycles. The minimum atomic E-state index is -0.535. The molecular weight excluding hydrogens is 406 g/mol. The van der Waals surface area contributed by atoms with Gasteiger partial charge in [-0.15, -0.1) is 0 Å². The molecule has 0 unspecified atom stereocenters. The number of nitrogens with zero attached hydrogens (tertiary/aromatic N) is 3. The van der Waals surface area contributed by atoms with Crippen molar-refractivity contribution in [2.75, 3.05) is 11.2 Å². The molecule has 0 radical (unpaired) electrons. The van der Waals surface area contributed by atoms with Crippen molar-refractivity contribution in [2.45, 2.75) is 13.5 Å². The number of fused-ring (bicyclic) bond motifs is 1. The monoisotopic (exact) mass is 427 g/mol. The van der Waals surface area contributed by atoms with Crippen LogP contribution >= 0.6 is 0 Å². The molecule has 4 rings (SSSR count). The molecule has 1 aromatic heterocycles. The third-order valence-electron chi connectivity index (χ3n) is 4.85. The third-order valence-corrected chi connectivity index (χ3v) is 4.85. The zero-order valence-corrected chi connectivity index (χ0v) is 17.4. The van der Waals surface area contributed by atoms with Crippen molar-refractivity contribution in [3.8, 4) is 0 Å². The smallest absolute Gasteiger partial charge is 0.280 e. The number of rotatable bonds is 6. The van der Waals surface area contributed by atoms with Crippen molar-refractivity contribution >= 4 is 28.2 Å². The van der Waals surface area contributed by atoms with Crippen molar-refractivity contribution in [1.82, 2.24) is 9.66 Å². The SMILES string of the molecule is C/C(=N\OCc1nc2ccccc2c(=O)n1NC(=O)c1ccccc1N)c1ccccc1. The second kappa shape index (κ2) is 9.13. The highest BCUT2D eigenvalue weighted by Crippen LogP contribution is 2.12. The number of carbonyl (C=O) groups is 1. The Labute approximate surface area is 183 Å². The van der Waals surface area contributed by atoms with Crippen LogP contribution in [-0.2, 0) is 11.4 Å². The van der Waals surface area contributed by atoms with Gasteiger partial charge in [0.05, 0.1) is 22.2 Å². The standard InChI is InChI=1S/C24H21N5O3/c1-16(17-9-3-2-4-10-17)28-32-15-22-26-21-14-8-6-12-19(21)24(31)29(22)27-23(30)18-11-5-7-13-20(18)25/h2-14H,15,25H2,1H3,(H,27,30)/b28-16+. The van der Waals surface area contributed by atoms with Crippen LogP contribution in [-0.4, -0.2) is 21.3 Å². The summed E-state index contributed by atoms with van der Waals surface area (Å²) in [7, 11) is 0. The van der Waals surface area contributed by atoms with E-state index in [1.165, 1.54) is 0 Å². The van der Waals surface area contributed by atoms with Crippen molar-refractivity contribution in [2.24, 2.45) is 5.16 Å². The average Bonchev–Trinajstić information content (AvgIpc) is 2.82. The molecule has 8 nitrogen and oxygen atoms in total. The Morgan fingerprint density at radius 1 is 1.03 bits per heavy atom. The fourth-order valence-electron chi connectivity index (χ4n) is 3.18. The summed E-state index contributed by atoms with van der Waals surface area (Å²) in [6, 6.07) is 23.0. The van der Waals surface area contributed by atoms with E-state index in [-0.39, 0.29) is 18.0 Å². The van der Waals surface area contributed by atoms with Gasteiger partial charge in [-0.05, 0) is 36.8 Å². The molecule has 160 valence electrons. The van der Waals surface area contributed by atoms with E-state index in [4.69, 9.17) is 10.6 Å². The lowest BCUT2D eigenvalue weighted by atomic mass is 10.1. The number of carbonyl (C=O) groups excluding carboxylic acids is 1. The van der Waals surface area contributed by atoms with E-state index in [1.54, 1.807) is 48.5 Å². The highest BCUT2D eigenvalue weighted by Gasteiger charge is 2.16. The van der Waals surface area contributed by atoms with Crippen LogP contribution in [0.3, 0.4) is 0 Å². The molecule has 3 aromatic carbocycles. The Balaban J connectivity index is 1.67. The van der Waals surface area contributed by atoms with E-state index in [0.29, 0.717) is 22.3 Å². The van der Waals surface area contributed by atoms with Crippen LogP contribution in [0.5, 0.6) is 0 Å². The molecule has 0 saturated heterocycles. The molecule has 0 aliphatic carbocycles. The minimum Gasteiger partial charge on any atom is -0.398 e. The van der Waals surface area contributed by atoms with Gasteiger partial charge in [-0.2, -0.15) is 4.68 Å². The van der Waals surface area contributed by atoms with Gasteiger partial charge in [-0.1, -0.05) is 59.8 Å². The number of nitrogens with one attached hydrogen (secondary N) is 1. The molecule has 0 aliphatic heterocycles. The zero-order valence-electron chi connectivity index (χ0n) is 17.4. The third kappa shape index (κ3) is 4.34. The summed E-state index contributed by atoms with van der Waals surface area (Å²) in [5, 5.41) is 4.48. The van der Waals surface area contributed by atoms with Crippen LogP contribution in [0.1, 0.15) is 28.7 Å². The van der Waals surface area contributed by atoms with Crippen LogP contribution in [0.15, 0.2) is 88.8 Å². The van der Waals surface area contributed by atoms with Gasteiger partial charge in [0.1, 0.15) is 0 Å². The minimum absolute atomic E-state index is 0.130. The van der Waals surface area contributed by atoms with Crippen molar-refractivity contribution in [3.63, 3.8) is 0 Å². The Hall–Kier alpha value is -4.46. The topological polar surface area (TPSA) is 112 Å². The first kappa shape index (κ1) is 20.8. The van der Waals surface area contributed by atoms with Gasteiger partial charge in [0.25, 0.3) is 11.5 Å². The summed E-state index contributed by atoms with van der Waals surface area (Å²) in [6.07, 6.45) is 0. The molecule has 0 fully saturated rings. The van der Waals surface area contributed by atoms with Crippen LogP contribution in [0.2, 0.25) is 0 Å². The van der Waals surface area contributed by atoms with Crippen LogP contribution in [0, 0.1) is 0 Å². The molecule has 0 atom stereocenters. The lowest BCUT2D eigenvalue weighted by molar-refractivity contribution is 0.0997. The van der Waals surface area contributed by atoms with Crippen molar-refractivity contribution in [3.05, 3.63) is 106 Å². The van der Waals surface area contributed by atoms with Crippen molar-refractivity contribution in [1.29, 1.82) is 0 Å². The van der Waals surface area contributed by atoms with E-state index in [1.807, 2.05) is 37.3 Å². The van der Waals surface area contributed by atoms with Crippen LogP contribution in [0.25, 0.3) is 10.9 Å². The van der Waals surface area contributed by atoms with Gasteiger partial charge >= 0.3 is 0 Å². The molecule has 0 bridgehead atoms. The second-order valence-corrected chi connectivity index (χ2v) is 7.03. The maximum atomic E-state index is 13.1. The Kier molecular flexibility index (Phi) is 5.94. The summed E-state index contributed by atoms with van der Waals surface area (Å²) in [4.78, 5) is 35.9. The first-order valence-electron chi connectivity index (χ1n) is 9.93. The zero-order chi connectivity index (χ0) is 22.5. The molecule has 0 aliphatic rings. The first-order chi connectivity index (χ1) is 15.5. The summed E-state index contributed by atoms with van der Waals surface area (Å²) in [5.74, 6) is -0.339. The van der Waals surface area contributed by atoms with Crippen LogP contribution < -0.4 is 16.7 Å². The number of hydrogen-bond donors (Lipinski definition) is 2. The Morgan fingerprint density at radius 3 is 2.50 bits per heavy atom. The Morgan fingerprint density at radius 2 is 1.72 bits per heavy atom. The molecule has 32 heavy (non-hydrogen) atoms. The predicted molar refractivity (Wildman–Crippen MR) is 124 cm³/mol. The lowest BCUT2D eigenvalue weighted by Crippen LogP contribution is -2.36. The fraction of sp³-hybridized carbons (Fsp3) is 0.0833. The lowest BCUT2D eigenvalue weighted by Gasteiger charge is -2.14. The largest absolute Gasteiger partial charge is 0.398 e. The molecule has 1 amide bonds. The number of nitrogen functional groups attached to an aromatic ring is 1. The number of anilines is 1. The highest BCUT2D eigenvalue weighted by atomic mass is 16.6. The number of hydrogen-bond acceptors (Lipinski definition) is 6. The molecule has 3 N–H and O–H groups in total. The number of oxime groups is 1. The molecule has 4 aromatic rings. The van der Waals surface area contributed by atoms with E-state index in [0.717, 1.165) is 10.2 Å². The van der Waals surface area contributed by atoms with E-state index < -0.39 is 11.5 Å². The van der Waals surface area contributed by atoms with Gasteiger partial charge in [-0.25, -0.2) is 4.98 Å². The molecule has 8 heteroatoms. The Bertz CT molecular complexity index is 1360. The summed E-state index contributed by atoms with van der Waals surface area (Å²) in [5.41, 5.74) is 10.7. The molecule has 0 spiro atoms. The fourth-order valence-corrected chi connectivity index (χ4v) is 3.18. The summed E-state index contributed by atoms with van der Waals surface area (Å²) >= 11 is 0. The maximum absolute atomic E-state index is 13.1. The number of nitrogens with two attached hydrogens (primary N) is 1. The average molecular weight is 427 g/mol. The molecule has 1 heterocycles. The van der Waals surface area contributed by atoms with Crippen molar-refractivity contribution < 1.29 is 9.63 Å². The maximum Gasteiger partial charge on any atom is 0.280 e. The van der Waals surface area contributed by atoms with Gasteiger partial charge in [0.15, 0.2) is 12.4 Å².